The Kier molecular flexibility index (Phi) is 7.70. The standard InChI is InChI=1S/C37H48O10/c1-21-32-29(46-33(47-32)22-4-6-24(42-3)7-5-22)17-31(44-21)45-25-8-13-35(20-38)27-9-12-34(2)26(23-16-30(39)43-19-23)11-15-37(34,41)28(27)10-14-36(35,40)18-25/h4-7,16,20-21,25-29,31-33,40-41H,8-15,17-19H2,1-3H3/t21-,25-,26-,27-,28-,29-,31+,32+,33+,34+,35-,36+,37+/m1/s1. The summed E-state index contributed by atoms with van der Waals surface area (Å²) < 4.78 is 36.0. The molecule has 3 aliphatic heterocycles. The molecule has 1 aromatic carbocycles. The van der Waals surface area contributed by atoms with Crippen molar-refractivity contribution < 1.29 is 48.2 Å². The van der Waals surface area contributed by atoms with E-state index in [1.54, 1.807) is 13.2 Å². The molecule has 2 saturated heterocycles. The van der Waals surface area contributed by atoms with Gasteiger partial charge in [0.1, 0.15) is 24.7 Å². The number of hydrogen-bond donors (Lipinski definition) is 2. The fraction of sp³-hybridized carbons (Fsp3) is 0.730. The second kappa shape index (κ2) is 11.4. The van der Waals surface area contributed by atoms with E-state index in [2.05, 4.69) is 6.92 Å². The molecule has 10 nitrogen and oxygen atoms in total. The first-order valence-electron chi connectivity index (χ1n) is 17.6. The van der Waals surface area contributed by atoms with Crippen molar-refractivity contribution in [2.75, 3.05) is 13.7 Å². The maximum atomic E-state index is 13.2. The minimum absolute atomic E-state index is 0.0789. The SMILES string of the molecule is COc1ccc([C@@H]2O[C@H]3[C@@H](C)O[C@@H](O[C@@H]4CC[C@@]5(C=O)[C@@H]6CC[C@@]7(C)[C@@H](C8=CC(=O)OC8)CC[C@]7(O)[C@@H]6CC[C@]5(O)C4)C[C@H]3O2)cc1. The molecule has 0 bridgehead atoms. The summed E-state index contributed by atoms with van der Waals surface area (Å²) in [5.74, 6) is 0.342. The number of aldehydes is 1. The van der Waals surface area contributed by atoms with Crippen molar-refractivity contribution in [2.45, 2.75) is 126 Å². The number of fused-ring (bicyclic) bond motifs is 6. The molecule has 47 heavy (non-hydrogen) atoms. The van der Waals surface area contributed by atoms with E-state index >= 15 is 0 Å². The Hall–Kier alpha value is -2.34. The molecule has 0 aromatic heterocycles. The average Bonchev–Trinajstić information content (AvgIpc) is 3.76. The molecule has 0 spiro atoms. The molecule has 0 unspecified atom stereocenters. The summed E-state index contributed by atoms with van der Waals surface area (Å²) >= 11 is 0. The topological polar surface area (TPSA) is 130 Å². The molecule has 7 aliphatic rings. The van der Waals surface area contributed by atoms with Crippen molar-refractivity contribution >= 4 is 12.3 Å². The number of ether oxygens (including phenoxy) is 6. The molecule has 0 radical (unpaired) electrons. The normalized spacial score (nSPS) is 48.8. The summed E-state index contributed by atoms with van der Waals surface area (Å²) in [4.78, 5) is 25.1. The van der Waals surface area contributed by atoms with Gasteiger partial charge in [0.15, 0.2) is 12.6 Å². The number of benzene rings is 1. The lowest BCUT2D eigenvalue weighted by Gasteiger charge is -2.65. The maximum Gasteiger partial charge on any atom is 0.331 e. The molecule has 8 rings (SSSR count). The van der Waals surface area contributed by atoms with Crippen molar-refractivity contribution in [1.29, 1.82) is 0 Å². The van der Waals surface area contributed by atoms with E-state index in [0.29, 0.717) is 51.6 Å². The Morgan fingerprint density at radius 1 is 0.957 bits per heavy atom. The van der Waals surface area contributed by atoms with Crippen LogP contribution in [-0.4, -0.2) is 78.1 Å². The highest BCUT2D eigenvalue weighted by molar-refractivity contribution is 5.85. The van der Waals surface area contributed by atoms with Crippen molar-refractivity contribution in [2.24, 2.45) is 28.6 Å². The largest absolute Gasteiger partial charge is 0.497 e. The molecule has 10 heteroatoms. The first-order chi connectivity index (χ1) is 22.5. The van der Waals surface area contributed by atoms with Gasteiger partial charge in [-0.1, -0.05) is 19.1 Å². The van der Waals surface area contributed by atoms with E-state index in [1.165, 1.54) is 0 Å². The van der Waals surface area contributed by atoms with Crippen LogP contribution in [0.5, 0.6) is 5.75 Å². The molecule has 4 saturated carbocycles. The number of aliphatic hydroxyl groups is 2. The Bertz CT molecular complexity index is 1430. The van der Waals surface area contributed by atoms with E-state index in [0.717, 1.165) is 42.4 Å². The highest BCUT2D eigenvalue weighted by atomic mass is 16.8. The van der Waals surface area contributed by atoms with E-state index in [9.17, 15) is 19.8 Å². The van der Waals surface area contributed by atoms with Crippen LogP contribution in [0.3, 0.4) is 0 Å². The molecule has 256 valence electrons. The molecule has 1 aromatic rings. The summed E-state index contributed by atoms with van der Waals surface area (Å²) in [6.07, 6.45) is 6.74. The van der Waals surface area contributed by atoms with Crippen molar-refractivity contribution in [3.63, 3.8) is 0 Å². The van der Waals surface area contributed by atoms with E-state index in [-0.39, 0.29) is 48.1 Å². The van der Waals surface area contributed by atoms with Gasteiger partial charge in [-0.2, -0.15) is 0 Å². The van der Waals surface area contributed by atoms with Crippen molar-refractivity contribution in [1.82, 2.24) is 0 Å². The number of hydrogen-bond acceptors (Lipinski definition) is 10. The zero-order chi connectivity index (χ0) is 32.8. The average molecular weight is 653 g/mol. The van der Waals surface area contributed by atoms with Crippen LogP contribution in [0.25, 0.3) is 0 Å². The lowest BCUT2D eigenvalue weighted by molar-refractivity contribution is -0.278. The monoisotopic (exact) mass is 652 g/mol. The fourth-order valence-electron chi connectivity index (χ4n) is 11.3. The van der Waals surface area contributed by atoms with Crippen LogP contribution in [-0.2, 0) is 33.3 Å². The highest BCUT2D eigenvalue weighted by Crippen LogP contribution is 2.70. The van der Waals surface area contributed by atoms with Gasteiger partial charge in [-0.15, -0.1) is 0 Å². The van der Waals surface area contributed by atoms with Crippen LogP contribution < -0.4 is 4.74 Å². The zero-order valence-corrected chi connectivity index (χ0v) is 27.6. The van der Waals surface area contributed by atoms with Gasteiger partial charge in [0.2, 0.25) is 0 Å². The van der Waals surface area contributed by atoms with Crippen LogP contribution in [0.15, 0.2) is 35.9 Å². The molecule has 13 atom stereocenters. The predicted molar refractivity (Wildman–Crippen MR) is 167 cm³/mol. The van der Waals surface area contributed by atoms with Gasteiger partial charge in [0.25, 0.3) is 0 Å². The van der Waals surface area contributed by atoms with Gasteiger partial charge in [-0.05, 0) is 93.7 Å². The van der Waals surface area contributed by atoms with E-state index < -0.39 is 34.6 Å². The maximum absolute atomic E-state index is 13.2. The summed E-state index contributed by atoms with van der Waals surface area (Å²) in [5, 5.41) is 24.9. The third kappa shape index (κ3) is 4.72. The van der Waals surface area contributed by atoms with Crippen molar-refractivity contribution in [3.8, 4) is 5.75 Å². The van der Waals surface area contributed by atoms with Crippen LogP contribution in [0, 0.1) is 28.6 Å². The molecule has 3 heterocycles. The molecular weight excluding hydrogens is 604 g/mol. The second-order valence-electron chi connectivity index (χ2n) is 15.6. The van der Waals surface area contributed by atoms with Crippen LogP contribution in [0.4, 0.5) is 0 Å². The van der Waals surface area contributed by atoms with Gasteiger partial charge in [0.05, 0.1) is 42.0 Å². The molecule has 6 fully saturated rings. The quantitative estimate of drug-likeness (QED) is 0.257. The lowest BCUT2D eigenvalue weighted by atomic mass is 9.41. The molecule has 0 amide bonds. The smallest absolute Gasteiger partial charge is 0.331 e. The third-order valence-electron chi connectivity index (χ3n) is 13.8. The molecule has 4 aliphatic carbocycles. The number of carbonyl (C=O) groups excluding carboxylic acids is 2. The Morgan fingerprint density at radius 3 is 2.47 bits per heavy atom. The number of methoxy groups -OCH3 is 1. The third-order valence-corrected chi connectivity index (χ3v) is 13.8. The first-order valence-corrected chi connectivity index (χ1v) is 17.6. The van der Waals surface area contributed by atoms with Gasteiger partial charge in [-0.25, -0.2) is 4.79 Å². The Labute approximate surface area is 276 Å². The summed E-state index contributed by atoms with van der Waals surface area (Å²) in [7, 11) is 1.64. The van der Waals surface area contributed by atoms with E-state index in [4.69, 9.17) is 28.4 Å². The summed E-state index contributed by atoms with van der Waals surface area (Å²) in [6, 6.07) is 7.66. The summed E-state index contributed by atoms with van der Waals surface area (Å²) in [5.41, 5.74) is -1.62. The summed E-state index contributed by atoms with van der Waals surface area (Å²) in [6.45, 7) is 4.44. The van der Waals surface area contributed by atoms with Crippen LogP contribution in [0.1, 0.15) is 89.9 Å². The zero-order valence-electron chi connectivity index (χ0n) is 27.6. The van der Waals surface area contributed by atoms with Crippen LogP contribution in [0.2, 0.25) is 0 Å². The van der Waals surface area contributed by atoms with Gasteiger partial charge < -0.3 is 43.4 Å². The van der Waals surface area contributed by atoms with Gasteiger partial charge in [0, 0.05) is 29.9 Å². The number of rotatable bonds is 6. The number of esters is 1. The first kappa shape index (κ1) is 31.9. The minimum Gasteiger partial charge on any atom is -0.497 e. The second-order valence-corrected chi connectivity index (χ2v) is 15.6. The number of cyclic esters (lactones) is 1. The Morgan fingerprint density at radius 2 is 1.74 bits per heavy atom. The van der Waals surface area contributed by atoms with Gasteiger partial charge >= 0.3 is 5.97 Å². The van der Waals surface area contributed by atoms with Crippen LogP contribution >= 0.6 is 0 Å². The molecular formula is C37H48O10. The predicted octanol–water partition coefficient (Wildman–Crippen LogP) is 4.55. The number of carbonyl (C=O) groups is 2. The fourth-order valence-corrected chi connectivity index (χ4v) is 11.3. The van der Waals surface area contributed by atoms with Gasteiger partial charge in [-0.3, -0.25) is 0 Å². The van der Waals surface area contributed by atoms with E-state index in [1.807, 2.05) is 31.2 Å². The molecule has 2 N–H and O–H groups in total. The highest BCUT2D eigenvalue weighted by Gasteiger charge is 2.71. The Balaban J connectivity index is 0.948. The lowest BCUT2D eigenvalue weighted by Crippen LogP contribution is -2.69. The van der Waals surface area contributed by atoms with Crippen molar-refractivity contribution in [3.05, 3.63) is 41.5 Å². The minimum atomic E-state index is -1.22.